The summed E-state index contributed by atoms with van der Waals surface area (Å²) in [6.07, 6.45) is -13.2. The summed E-state index contributed by atoms with van der Waals surface area (Å²) in [6.45, 7) is -1.76. The lowest BCUT2D eigenvalue weighted by Gasteiger charge is -2.42. The van der Waals surface area contributed by atoms with Crippen LogP contribution in [0.4, 0.5) is 5.95 Å². The predicted molar refractivity (Wildman–Crippen MR) is 119 cm³/mol. The first-order valence-corrected chi connectivity index (χ1v) is 14.1. The van der Waals surface area contributed by atoms with Crippen LogP contribution in [0.1, 0.15) is 12.6 Å². The molecule has 2 aromatic heterocycles. The molecular weight excluding hydrogens is 576 g/mol. The number of nitrogens with two attached hydrogens (primary N) is 1. The number of nitrogens with zero attached hydrogens (tertiary/aromatic N) is 3. The van der Waals surface area contributed by atoms with Crippen molar-refractivity contribution in [2.45, 2.75) is 55.4 Å². The van der Waals surface area contributed by atoms with Crippen LogP contribution in [0.25, 0.3) is 11.2 Å². The summed E-state index contributed by atoms with van der Waals surface area (Å²) in [5.74, 6) is -1.38. The number of hydrogen-bond donors (Lipinski definition) is 8. The van der Waals surface area contributed by atoms with E-state index in [-0.39, 0.29) is 17.1 Å². The SMILES string of the molecule is Nc1nc2c(ncn2[C@@H]2O[C@H](COP(=O)([O-])OP(=O)([O-])O[C@@H]3CC(CO)[C@H](O)[C@H](O)C3O)[C@H](O)C2O)c(=O)[nH]1. The predicted octanol–water partition coefficient (Wildman–Crippen LogP) is -5.23. The van der Waals surface area contributed by atoms with Crippen molar-refractivity contribution in [1.29, 1.82) is 0 Å². The van der Waals surface area contributed by atoms with Gasteiger partial charge in [0.15, 0.2) is 17.4 Å². The van der Waals surface area contributed by atoms with Gasteiger partial charge in [0, 0.05) is 12.5 Å². The number of phosphoric ester groups is 2. The highest BCUT2D eigenvalue weighted by molar-refractivity contribution is 7.59. The van der Waals surface area contributed by atoms with E-state index in [9.17, 15) is 54.4 Å². The van der Waals surface area contributed by atoms with Crippen LogP contribution in [-0.2, 0) is 27.2 Å². The maximum Gasteiger partial charge on any atom is 0.280 e. The third-order valence-electron chi connectivity index (χ3n) is 6.26. The van der Waals surface area contributed by atoms with Crippen molar-refractivity contribution >= 4 is 32.8 Å². The Morgan fingerprint density at radius 3 is 2.46 bits per heavy atom. The van der Waals surface area contributed by atoms with Crippen LogP contribution in [0.3, 0.4) is 0 Å². The molecular formula is C17H25N5O15P2-2. The number of anilines is 1. The van der Waals surface area contributed by atoms with Crippen molar-refractivity contribution in [3.63, 3.8) is 0 Å². The van der Waals surface area contributed by atoms with Gasteiger partial charge in [-0.15, -0.1) is 0 Å². The molecule has 0 spiro atoms. The Balaban J connectivity index is 1.39. The second kappa shape index (κ2) is 11.2. The smallest absolute Gasteiger partial charge is 0.280 e. The van der Waals surface area contributed by atoms with Crippen molar-refractivity contribution in [2.75, 3.05) is 18.9 Å². The number of nitrogen functional groups attached to an aromatic ring is 1. The number of aromatic nitrogens is 4. The van der Waals surface area contributed by atoms with Gasteiger partial charge in [0.25, 0.3) is 21.2 Å². The van der Waals surface area contributed by atoms with Crippen LogP contribution in [-0.4, -0.2) is 106 Å². The lowest BCUT2D eigenvalue weighted by atomic mass is 9.81. The molecule has 2 aromatic rings. The third kappa shape index (κ3) is 6.24. The molecule has 1 aliphatic heterocycles. The Morgan fingerprint density at radius 1 is 1.10 bits per heavy atom. The summed E-state index contributed by atoms with van der Waals surface area (Å²) in [4.78, 5) is 46.2. The highest BCUT2D eigenvalue weighted by Gasteiger charge is 2.46. The molecule has 2 aliphatic rings. The van der Waals surface area contributed by atoms with Gasteiger partial charge in [0.2, 0.25) is 5.95 Å². The van der Waals surface area contributed by atoms with Crippen LogP contribution in [0.2, 0.25) is 0 Å². The van der Waals surface area contributed by atoms with Crippen molar-refractivity contribution in [3.8, 4) is 0 Å². The van der Waals surface area contributed by atoms with Crippen molar-refractivity contribution in [2.24, 2.45) is 5.92 Å². The monoisotopic (exact) mass is 601 g/mol. The van der Waals surface area contributed by atoms with Gasteiger partial charge in [-0.3, -0.25) is 23.5 Å². The van der Waals surface area contributed by atoms with Gasteiger partial charge in [-0.05, 0) is 6.42 Å². The highest BCUT2D eigenvalue weighted by atomic mass is 31.3. The van der Waals surface area contributed by atoms with Crippen LogP contribution in [0.5, 0.6) is 0 Å². The number of hydrogen-bond acceptors (Lipinski definition) is 18. The van der Waals surface area contributed by atoms with E-state index in [0.29, 0.717) is 0 Å². The number of rotatable bonds is 9. The Labute approximate surface area is 217 Å². The first-order chi connectivity index (χ1) is 18.1. The molecule has 4 rings (SSSR count). The molecule has 0 radical (unpaired) electrons. The Bertz CT molecular complexity index is 1340. The summed E-state index contributed by atoms with van der Waals surface area (Å²) >= 11 is 0. The second-order valence-electron chi connectivity index (χ2n) is 8.89. The van der Waals surface area contributed by atoms with E-state index >= 15 is 0 Å². The molecule has 220 valence electrons. The van der Waals surface area contributed by atoms with Crippen LogP contribution in [0, 0.1) is 5.92 Å². The summed E-state index contributed by atoms with van der Waals surface area (Å²) < 4.78 is 43.8. The minimum Gasteiger partial charge on any atom is -0.756 e. The molecule has 20 nitrogen and oxygen atoms in total. The summed E-state index contributed by atoms with van der Waals surface area (Å²) in [5.41, 5.74) is 4.52. The molecule has 0 amide bonds. The van der Waals surface area contributed by atoms with Gasteiger partial charge < -0.3 is 59.9 Å². The van der Waals surface area contributed by atoms with Gasteiger partial charge in [-0.1, -0.05) is 0 Å². The Kier molecular flexibility index (Phi) is 8.63. The number of ether oxygens (including phenoxy) is 1. The molecule has 1 saturated heterocycles. The molecule has 0 bridgehead atoms. The quantitative estimate of drug-likeness (QED) is 0.124. The molecule has 1 aliphatic carbocycles. The molecule has 5 unspecified atom stereocenters. The topological polar surface area (TPSA) is 328 Å². The number of nitrogens with one attached hydrogen (secondary N) is 1. The van der Waals surface area contributed by atoms with Gasteiger partial charge >= 0.3 is 0 Å². The normalized spacial score (nSPS) is 36.6. The summed E-state index contributed by atoms with van der Waals surface area (Å²) in [5, 5.41) is 59.5. The lowest BCUT2D eigenvalue weighted by Crippen LogP contribution is -2.55. The summed E-state index contributed by atoms with van der Waals surface area (Å²) in [7, 11) is -11.5. The summed E-state index contributed by atoms with van der Waals surface area (Å²) in [6, 6.07) is 0. The second-order valence-corrected chi connectivity index (χ2v) is 11.8. The lowest BCUT2D eigenvalue weighted by molar-refractivity contribution is -0.254. The van der Waals surface area contributed by atoms with Gasteiger partial charge in [-0.2, -0.15) is 4.98 Å². The first kappa shape index (κ1) is 30.1. The third-order valence-corrected chi connectivity index (χ3v) is 8.85. The van der Waals surface area contributed by atoms with E-state index in [1.807, 2.05) is 0 Å². The van der Waals surface area contributed by atoms with E-state index in [4.69, 9.17) is 10.5 Å². The standard InChI is InChI=1S/C17H27N5O15P2/c18-17-20-14-8(15(29)21-17)19-4-22(14)16-13(28)11(26)7(35-16)3-34-38(30,31)37-39(32,33)36-6-1-5(2-23)9(24)12(27)10(6)25/h4-7,9-13,16,23-28H,1-3H2,(H,30,31)(H,32,33)(H3,18,20,21,29)/p-2/t5?,6-,7-,9+,10?,11+,12+,13?,16-/m1/s1. The van der Waals surface area contributed by atoms with E-state index in [0.717, 1.165) is 10.9 Å². The Morgan fingerprint density at radius 2 is 1.79 bits per heavy atom. The average molecular weight is 601 g/mol. The minimum atomic E-state index is -5.78. The number of fused-ring (bicyclic) bond motifs is 1. The van der Waals surface area contributed by atoms with Crippen LogP contribution < -0.4 is 21.1 Å². The van der Waals surface area contributed by atoms with E-state index < -0.39 is 95.7 Å². The zero-order chi connectivity index (χ0) is 28.9. The zero-order valence-corrected chi connectivity index (χ0v) is 21.4. The first-order valence-electron chi connectivity index (χ1n) is 11.2. The largest absolute Gasteiger partial charge is 0.756 e. The fourth-order valence-electron chi connectivity index (χ4n) is 4.29. The number of phosphoric acid groups is 2. The average Bonchev–Trinajstić information content (AvgIpc) is 3.38. The van der Waals surface area contributed by atoms with Gasteiger partial charge in [-0.25, -0.2) is 9.29 Å². The molecule has 0 aromatic carbocycles. The molecule has 39 heavy (non-hydrogen) atoms. The number of imidazole rings is 1. The van der Waals surface area contributed by atoms with Gasteiger partial charge in [0.1, 0.15) is 30.5 Å². The van der Waals surface area contributed by atoms with Crippen molar-refractivity contribution in [3.05, 3.63) is 16.7 Å². The fourth-order valence-corrected chi connectivity index (χ4v) is 6.48. The maximum absolute atomic E-state index is 12.2. The van der Waals surface area contributed by atoms with E-state index in [1.165, 1.54) is 0 Å². The van der Waals surface area contributed by atoms with Crippen LogP contribution in [0.15, 0.2) is 11.1 Å². The van der Waals surface area contributed by atoms with Crippen molar-refractivity contribution < 1.29 is 67.7 Å². The number of aliphatic hydroxyl groups excluding tert-OH is 6. The molecule has 11 atom stereocenters. The zero-order valence-electron chi connectivity index (χ0n) is 19.6. The molecule has 3 heterocycles. The Hall–Kier alpha value is -1.87. The number of H-pyrrole nitrogens is 1. The van der Waals surface area contributed by atoms with Gasteiger partial charge in [0.05, 0.1) is 25.1 Å². The molecule has 2 fully saturated rings. The molecule has 22 heteroatoms. The van der Waals surface area contributed by atoms with E-state index in [2.05, 4.69) is 28.3 Å². The maximum atomic E-state index is 12.2. The molecule has 1 saturated carbocycles. The number of aromatic amines is 1. The fraction of sp³-hybridized carbons (Fsp3) is 0.706. The number of aliphatic hydroxyl groups is 6. The van der Waals surface area contributed by atoms with Crippen LogP contribution >= 0.6 is 15.6 Å². The van der Waals surface area contributed by atoms with Crippen molar-refractivity contribution in [1.82, 2.24) is 19.5 Å². The van der Waals surface area contributed by atoms with E-state index in [1.54, 1.807) is 0 Å². The molecule has 9 N–H and O–H groups in total. The highest BCUT2D eigenvalue weighted by Crippen LogP contribution is 2.57. The minimum absolute atomic E-state index is 0.123.